The summed E-state index contributed by atoms with van der Waals surface area (Å²) in [5, 5.41) is 1.94. The standard InChI is InChI=1S/C77H74N4O/c1-74(2,3)48-56-45-72(78-49-65(56)52-25-15-12-16-26-52)81-68-32-18-17-29-63(68)64-37-36-60(47-71(64)81)82-59-28-21-27-58(46-59)79-50-80(70-34-20-19-33-69(70)79)73-61(53-35-38-66-67(44-53)77(9,10)40-39-76(66,7)8)30-22-31-62(73)55-41-54(51-23-13-11-14-24-51)42-57(43-55)75(4,5)6/h11-38,41-47,49H,39-40,48,50H2,1-10H3/i11D,13D,14D,23D,24D,35D,38D,41D,42D,43D,44D,48D2. The van der Waals surface area contributed by atoms with E-state index < -0.39 is 64.3 Å². The third-order valence-corrected chi connectivity index (χ3v) is 16.1. The van der Waals surface area contributed by atoms with Crippen molar-refractivity contribution in [3.63, 3.8) is 0 Å². The molecular formula is C77H74N4O. The average Bonchev–Trinajstić information content (AvgIpc) is 0.797. The Kier molecular flexibility index (Phi) is 9.72. The Morgan fingerprint density at radius 3 is 1.95 bits per heavy atom. The lowest BCUT2D eigenvalue weighted by molar-refractivity contribution is 0.332. The van der Waals surface area contributed by atoms with Crippen LogP contribution in [0.2, 0.25) is 0 Å². The van der Waals surface area contributed by atoms with Crippen LogP contribution in [0.5, 0.6) is 11.5 Å². The number of hydrogen-bond donors (Lipinski definition) is 0. The third kappa shape index (κ3) is 9.74. The van der Waals surface area contributed by atoms with Gasteiger partial charge in [0.15, 0.2) is 0 Å². The molecule has 5 nitrogen and oxygen atoms in total. The zero-order valence-corrected chi connectivity index (χ0v) is 48.3. The highest BCUT2D eigenvalue weighted by molar-refractivity contribution is 6.09. The molecule has 82 heavy (non-hydrogen) atoms. The van der Waals surface area contributed by atoms with Crippen molar-refractivity contribution in [1.82, 2.24) is 9.55 Å². The lowest BCUT2D eigenvalue weighted by Crippen LogP contribution is -2.33. The summed E-state index contributed by atoms with van der Waals surface area (Å²) in [6, 6.07) is 42.5. The molecule has 2 aliphatic rings. The Balaban J connectivity index is 0.984. The van der Waals surface area contributed by atoms with Crippen molar-refractivity contribution in [3.05, 3.63) is 241 Å². The van der Waals surface area contributed by atoms with E-state index in [2.05, 4.69) is 43.2 Å². The maximum atomic E-state index is 10.4. The second-order valence-electron chi connectivity index (χ2n) is 25.2. The number of rotatable bonds is 10. The zero-order valence-electron chi connectivity index (χ0n) is 61.3. The second kappa shape index (κ2) is 20.1. The fourth-order valence-corrected chi connectivity index (χ4v) is 11.8. The highest BCUT2D eigenvalue weighted by atomic mass is 16.5. The normalized spacial score (nSPS) is 17.2. The number of pyridine rings is 1. The minimum atomic E-state index is -1.77. The van der Waals surface area contributed by atoms with Gasteiger partial charge in [0, 0.05) is 54.2 Å². The summed E-state index contributed by atoms with van der Waals surface area (Å²) in [6.07, 6.45) is 1.50. The summed E-state index contributed by atoms with van der Waals surface area (Å²) in [5.74, 6) is 1.59. The second-order valence-corrected chi connectivity index (χ2v) is 25.2. The van der Waals surface area contributed by atoms with Gasteiger partial charge in [-0.15, -0.1) is 0 Å². The van der Waals surface area contributed by atoms with Gasteiger partial charge in [-0.05, 0) is 146 Å². The molecule has 0 saturated heterocycles. The first kappa shape index (κ1) is 39.7. The van der Waals surface area contributed by atoms with E-state index in [4.69, 9.17) is 13.8 Å². The SMILES string of the molecule is [2H]c1c([2H])c([2H])c(-c2c([2H])c(-c3cccc(-c4c([2H])c([2H])c5c(c4[2H])C(C)(C)CCC5(C)C)c3N3CN(c4cccc(Oc5ccc6c7ccccc7n(-c7cc(C([2H])([2H])C(C)(C)C)c(-c8ccccc8)cn7)c6c5)c4)c4ccccc43)c([2H])c(C(C)(C)C)c2[2H])c([2H])c1[2H]. The number of benzene rings is 9. The molecule has 408 valence electrons. The van der Waals surface area contributed by atoms with Crippen molar-refractivity contribution in [1.29, 1.82) is 0 Å². The van der Waals surface area contributed by atoms with Gasteiger partial charge < -0.3 is 14.5 Å². The van der Waals surface area contributed by atoms with Gasteiger partial charge in [-0.2, -0.15) is 0 Å². The first-order valence-corrected chi connectivity index (χ1v) is 28.3. The fraction of sp³-hybridized carbons (Fsp3) is 0.234. The van der Waals surface area contributed by atoms with Crippen LogP contribution in [0, 0.1) is 5.41 Å². The van der Waals surface area contributed by atoms with Gasteiger partial charge in [-0.1, -0.05) is 215 Å². The molecule has 5 heteroatoms. The smallest absolute Gasteiger partial charge is 0.137 e. The van der Waals surface area contributed by atoms with Crippen LogP contribution < -0.4 is 14.5 Å². The molecule has 0 bridgehead atoms. The zero-order chi connectivity index (χ0) is 68.1. The molecule has 0 radical (unpaired) electrons. The number of nitrogens with zero attached hydrogens (tertiary/aromatic N) is 4. The molecule has 0 saturated carbocycles. The van der Waals surface area contributed by atoms with E-state index in [0.717, 1.165) is 51.6 Å². The molecule has 0 fully saturated rings. The quantitative estimate of drug-likeness (QED) is 0.137. The maximum Gasteiger partial charge on any atom is 0.137 e. The van der Waals surface area contributed by atoms with Gasteiger partial charge in [0.1, 0.15) is 24.0 Å². The Bertz CT molecular complexity index is 4980. The van der Waals surface area contributed by atoms with Crippen LogP contribution in [0.25, 0.3) is 72.1 Å². The topological polar surface area (TPSA) is 33.5 Å². The Morgan fingerprint density at radius 2 is 1.20 bits per heavy atom. The van der Waals surface area contributed by atoms with Crippen LogP contribution in [0.1, 0.15) is 122 Å². The van der Waals surface area contributed by atoms with Crippen molar-refractivity contribution < 1.29 is 22.6 Å². The van der Waals surface area contributed by atoms with Crippen LogP contribution in [-0.2, 0) is 22.6 Å². The highest BCUT2D eigenvalue weighted by Gasteiger charge is 2.38. The van der Waals surface area contributed by atoms with Crippen molar-refractivity contribution in [2.24, 2.45) is 5.41 Å². The Hall–Kier alpha value is -8.67. The Labute approximate surface area is 503 Å². The molecule has 0 N–H and O–H groups in total. The summed E-state index contributed by atoms with van der Waals surface area (Å²) >= 11 is 0. The van der Waals surface area contributed by atoms with Crippen LogP contribution in [0.4, 0.5) is 22.7 Å². The summed E-state index contributed by atoms with van der Waals surface area (Å²) in [7, 11) is 0. The minimum Gasteiger partial charge on any atom is -0.457 e. The number of hydrogen-bond acceptors (Lipinski definition) is 4. The van der Waals surface area contributed by atoms with Gasteiger partial charge >= 0.3 is 0 Å². The molecule has 11 aromatic rings. The van der Waals surface area contributed by atoms with E-state index in [0.29, 0.717) is 62.1 Å². The maximum absolute atomic E-state index is 10.4. The minimum absolute atomic E-state index is 0.0155. The first-order valence-electron chi connectivity index (χ1n) is 34.8. The van der Waals surface area contributed by atoms with Gasteiger partial charge in [0.2, 0.25) is 0 Å². The highest BCUT2D eigenvalue weighted by Crippen LogP contribution is 2.53. The predicted molar refractivity (Wildman–Crippen MR) is 346 cm³/mol. The summed E-state index contributed by atoms with van der Waals surface area (Å²) < 4.78 is 133. The number of ether oxygens (including phenoxy) is 1. The van der Waals surface area contributed by atoms with Crippen LogP contribution in [-0.4, -0.2) is 16.2 Å². The monoisotopic (exact) mass is 1080 g/mol. The number of aromatic nitrogens is 2. The van der Waals surface area contributed by atoms with E-state index >= 15 is 0 Å². The van der Waals surface area contributed by atoms with E-state index in [-0.39, 0.29) is 64.7 Å². The van der Waals surface area contributed by atoms with Crippen molar-refractivity contribution in [2.45, 2.75) is 105 Å². The number of anilines is 4. The molecule has 1 aliphatic heterocycles. The van der Waals surface area contributed by atoms with E-state index in [9.17, 15) is 13.7 Å². The lowest BCUT2D eigenvalue weighted by atomic mass is 9.63. The van der Waals surface area contributed by atoms with Gasteiger partial charge in [-0.3, -0.25) is 4.57 Å². The van der Waals surface area contributed by atoms with Gasteiger partial charge in [-0.25, -0.2) is 4.98 Å². The third-order valence-electron chi connectivity index (χ3n) is 16.1. The molecule has 3 heterocycles. The lowest BCUT2D eigenvalue weighted by Gasteiger charge is -2.42. The van der Waals surface area contributed by atoms with Crippen LogP contribution in [0.15, 0.2) is 218 Å². The molecule has 0 spiro atoms. The molecular weight excluding hydrogens is 997 g/mol. The molecule has 13 rings (SSSR count). The molecule has 0 unspecified atom stereocenters. The largest absolute Gasteiger partial charge is 0.457 e. The Morgan fingerprint density at radius 1 is 0.537 bits per heavy atom. The van der Waals surface area contributed by atoms with Gasteiger partial charge in [0.05, 0.1) is 43.2 Å². The van der Waals surface area contributed by atoms with Crippen molar-refractivity contribution in [3.8, 4) is 61.8 Å². The molecule has 2 aromatic heterocycles. The summed E-state index contributed by atoms with van der Waals surface area (Å²) in [6.45, 7) is 19.6. The van der Waals surface area contributed by atoms with Gasteiger partial charge in [0.25, 0.3) is 0 Å². The number of fused-ring (bicyclic) bond motifs is 5. The number of para-hydroxylation sites is 4. The van der Waals surface area contributed by atoms with Crippen molar-refractivity contribution in [2.75, 3.05) is 16.5 Å². The predicted octanol–water partition coefficient (Wildman–Crippen LogP) is 21.1. The fourth-order valence-electron chi connectivity index (χ4n) is 11.8. The summed E-state index contributed by atoms with van der Waals surface area (Å²) in [4.78, 5) is 9.21. The van der Waals surface area contributed by atoms with E-state index in [1.54, 1.807) is 18.3 Å². The molecule has 0 amide bonds. The average molecular weight is 1080 g/mol. The van der Waals surface area contributed by atoms with Crippen molar-refractivity contribution >= 4 is 44.6 Å². The van der Waals surface area contributed by atoms with Crippen LogP contribution >= 0.6 is 0 Å². The molecule has 9 aromatic carbocycles. The van der Waals surface area contributed by atoms with E-state index in [1.807, 2.05) is 174 Å². The van der Waals surface area contributed by atoms with E-state index in [1.165, 1.54) is 0 Å². The molecule has 1 aliphatic carbocycles. The molecule has 0 atom stereocenters. The first-order chi connectivity index (χ1) is 44.8. The summed E-state index contributed by atoms with van der Waals surface area (Å²) in [5.41, 5.74) is 5.44. The van der Waals surface area contributed by atoms with Crippen LogP contribution in [0.3, 0.4) is 0 Å².